The third kappa shape index (κ3) is 4.81. The molecule has 1 amide bonds. The van der Waals surface area contributed by atoms with Crippen LogP contribution in [-0.4, -0.2) is 34.8 Å². The van der Waals surface area contributed by atoms with Gasteiger partial charge in [0.15, 0.2) is 0 Å². The average Bonchev–Trinajstić information content (AvgIpc) is 2.60. The molecule has 1 aromatic heterocycles. The van der Waals surface area contributed by atoms with Crippen molar-refractivity contribution >= 4 is 17.7 Å². The van der Waals surface area contributed by atoms with Gasteiger partial charge in [0.05, 0.1) is 19.3 Å². The summed E-state index contributed by atoms with van der Waals surface area (Å²) in [5.74, 6) is 0.240. The van der Waals surface area contributed by atoms with Gasteiger partial charge in [0.2, 0.25) is 0 Å². The summed E-state index contributed by atoms with van der Waals surface area (Å²) in [5, 5.41) is 12.1. The Bertz CT molecular complexity index is 820. The first kappa shape index (κ1) is 18.5. The minimum Gasteiger partial charge on any atom is -0.497 e. The number of amides is 1. The summed E-state index contributed by atoms with van der Waals surface area (Å²) in [6.45, 7) is 3.17. The predicted molar refractivity (Wildman–Crippen MR) is 97.2 cm³/mol. The molecule has 0 bridgehead atoms. The molecule has 6 nitrogen and oxygen atoms in total. The molecule has 0 fully saturated rings. The summed E-state index contributed by atoms with van der Waals surface area (Å²) >= 11 is 0. The molecule has 0 radical (unpaired) electrons. The van der Waals surface area contributed by atoms with E-state index in [1.807, 2.05) is 0 Å². The van der Waals surface area contributed by atoms with E-state index < -0.39 is 11.4 Å². The topological polar surface area (TPSA) is 80.6 Å². The zero-order chi connectivity index (χ0) is 18.4. The summed E-state index contributed by atoms with van der Waals surface area (Å²) in [6.07, 6.45) is 3.15. The maximum atomic E-state index is 12.7. The number of benzene rings is 1. The summed E-state index contributed by atoms with van der Waals surface area (Å²) in [7, 11) is 1.57. The Morgan fingerprint density at radius 1 is 1.24 bits per heavy atom. The van der Waals surface area contributed by atoms with Gasteiger partial charge in [0, 0.05) is 12.3 Å². The molecule has 0 saturated carbocycles. The Balaban J connectivity index is 2.48. The van der Waals surface area contributed by atoms with Crippen molar-refractivity contribution in [2.45, 2.75) is 19.4 Å². The largest absolute Gasteiger partial charge is 0.497 e. The highest BCUT2D eigenvalue weighted by atomic mass is 16.5. The molecule has 0 saturated heterocycles. The van der Waals surface area contributed by atoms with Gasteiger partial charge in [-0.05, 0) is 43.7 Å². The summed E-state index contributed by atoms with van der Waals surface area (Å²) < 4.78 is 6.39. The molecule has 2 rings (SSSR count). The molecule has 0 spiro atoms. The second-order valence-electron chi connectivity index (χ2n) is 6.21. The maximum absolute atomic E-state index is 12.7. The number of carbonyl (C=O) groups is 1. The second-order valence-corrected chi connectivity index (χ2v) is 6.21. The fourth-order valence-corrected chi connectivity index (χ4v) is 2.14. The molecule has 0 aliphatic carbocycles. The van der Waals surface area contributed by atoms with E-state index in [-0.39, 0.29) is 17.9 Å². The van der Waals surface area contributed by atoms with Crippen LogP contribution in [0.1, 0.15) is 19.4 Å². The molecule has 0 aliphatic rings. The number of ether oxygens (including phenoxy) is 1. The van der Waals surface area contributed by atoms with Gasteiger partial charge in [-0.15, -0.1) is 0 Å². The van der Waals surface area contributed by atoms with Crippen molar-refractivity contribution in [3.8, 4) is 5.75 Å². The fraction of sp³-hybridized carbons (Fsp3) is 0.263. The van der Waals surface area contributed by atoms with Gasteiger partial charge in [-0.3, -0.25) is 14.2 Å². The van der Waals surface area contributed by atoms with Crippen LogP contribution < -0.4 is 15.6 Å². The van der Waals surface area contributed by atoms with Crippen molar-refractivity contribution in [1.29, 1.82) is 0 Å². The molecular formula is C19H22N2O4. The molecular weight excluding hydrogens is 320 g/mol. The van der Waals surface area contributed by atoms with Crippen molar-refractivity contribution in [3.63, 3.8) is 0 Å². The Labute approximate surface area is 146 Å². The highest BCUT2D eigenvalue weighted by molar-refractivity contribution is 6.18. The van der Waals surface area contributed by atoms with Crippen LogP contribution in [0.4, 0.5) is 0 Å². The Hall–Kier alpha value is -2.86. The normalized spacial score (nSPS) is 11.9. The number of nitrogens with zero attached hydrogens (tertiary/aromatic N) is 1. The minimum absolute atomic E-state index is 0.164. The molecule has 0 atom stereocenters. The Morgan fingerprint density at radius 3 is 2.48 bits per heavy atom. The molecule has 25 heavy (non-hydrogen) atoms. The van der Waals surface area contributed by atoms with Crippen LogP contribution >= 0.6 is 0 Å². The first-order valence-corrected chi connectivity index (χ1v) is 7.83. The molecule has 1 heterocycles. The highest BCUT2D eigenvalue weighted by Crippen LogP contribution is 2.16. The number of aliphatic hydroxyl groups is 1. The number of hydrogen-bond donors (Lipinski definition) is 2. The number of pyridine rings is 1. The minimum atomic E-state index is -0.811. The van der Waals surface area contributed by atoms with Crippen molar-refractivity contribution in [3.05, 3.63) is 64.6 Å². The van der Waals surface area contributed by atoms with Crippen LogP contribution in [0.15, 0.2) is 53.5 Å². The van der Waals surface area contributed by atoms with Gasteiger partial charge in [0.1, 0.15) is 11.4 Å². The monoisotopic (exact) mass is 342 g/mol. The zero-order valence-electron chi connectivity index (χ0n) is 14.5. The predicted octanol–water partition coefficient (Wildman–Crippen LogP) is 1.74. The number of aliphatic hydroxyl groups excluding tert-OH is 1. The lowest BCUT2D eigenvalue weighted by atomic mass is 10.1. The van der Waals surface area contributed by atoms with E-state index in [9.17, 15) is 14.7 Å². The first-order valence-electron chi connectivity index (χ1n) is 7.83. The van der Waals surface area contributed by atoms with Crippen molar-refractivity contribution in [1.82, 2.24) is 9.88 Å². The number of hydrogen-bond acceptors (Lipinski definition) is 4. The third-order valence-electron chi connectivity index (χ3n) is 3.58. The summed E-state index contributed by atoms with van der Waals surface area (Å²) in [6, 6.07) is 11.8. The van der Waals surface area contributed by atoms with E-state index in [0.717, 1.165) is 5.56 Å². The SMILES string of the molecule is COc1ccc(C=C(C(=O)NC(C)(C)CO)n2ccccc2=O)cc1. The van der Waals surface area contributed by atoms with Crippen molar-refractivity contribution in [2.75, 3.05) is 13.7 Å². The fourth-order valence-electron chi connectivity index (χ4n) is 2.14. The smallest absolute Gasteiger partial charge is 0.268 e. The van der Waals surface area contributed by atoms with Crippen LogP contribution in [0.5, 0.6) is 5.75 Å². The van der Waals surface area contributed by atoms with Crippen LogP contribution in [0.2, 0.25) is 0 Å². The Kier molecular flexibility index (Phi) is 5.77. The Morgan fingerprint density at radius 2 is 1.92 bits per heavy atom. The van der Waals surface area contributed by atoms with Gasteiger partial charge in [-0.2, -0.15) is 0 Å². The molecule has 0 unspecified atom stereocenters. The number of carbonyl (C=O) groups excluding carboxylic acids is 1. The first-order chi connectivity index (χ1) is 11.9. The second kappa shape index (κ2) is 7.81. The third-order valence-corrected chi connectivity index (χ3v) is 3.58. The number of rotatable bonds is 6. The molecule has 0 aliphatic heterocycles. The van der Waals surface area contributed by atoms with E-state index in [1.54, 1.807) is 63.4 Å². The van der Waals surface area contributed by atoms with E-state index in [4.69, 9.17) is 4.74 Å². The summed E-state index contributed by atoms with van der Waals surface area (Å²) in [5.41, 5.74) is -0.228. The van der Waals surface area contributed by atoms with Crippen LogP contribution in [0.25, 0.3) is 11.8 Å². The summed E-state index contributed by atoms with van der Waals surface area (Å²) in [4.78, 5) is 24.9. The van der Waals surface area contributed by atoms with E-state index >= 15 is 0 Å². The molecule has 2 N–H and O–H groups in total. The molecule has 1 aromatic carbocycles. The molecule has 2 aromatic rings. The maximum Gasteiger partial charge on any atom is 0.268 e. The lowest BCUT2D eigenvalue weighted by Gasteiger charge is -2.24. The zero-order valence-corrected chi connectivity index (χ0v) is 14.5. The van der Waals surface area contributed by atoms with Crippen molar-refractivity contribution in [2.24, 2.45) is 0 Å². The van der Waals surface area contributed by atoms with Crippen LogP contribution in [0.3, 0.4) is 0 Å². The van der Waals surface area contributed by atoms with Gasteiger partial charge >= 0.3 is 0 Å². The highest BCUT2D eigenvalue weighted by Gasteiger charge is 2.22. The van der Waals surface area contributed by atoms with Gasteiger partial charge in [0.25, 0.3) is 11.5 Å². The number of aromatic nitrogens is 1. The van der Waals surface area contributed by atoms with Gasteiger partial charge < -0.3 is 15.2 Å². The van der Waals surface area contributed by atoms with Gasteiger partial charge in [-0.25, -0.2) is 0 Å². The van der Waals surface area contributed by atoms with Crippen LogP contribution in [0, 0.1) is 0 Å². The lowest BCUT2D eigenvalue weighted by molar-refractivity contribution is -0.117. The van der Waals surface area contributed by atoms with E-state index in [2.05, 4.69) is 5.32 Å². The van der Waals surface area contributed by atoms with E-state index in [0.29, 0.717) is 5.75 Å². The molecule has 132 valence electrons. The van der Waals surface area contributed by atoms with Crippen molar-refractivity contribution < 1.29 is 14.6 Å². The number of methoxy groups -OCH3 is 1. The number of nitrogens with one attached hydrogen (secondary N) is 1. The molecule has 6 heteroatoms. The van der Waals surface area contributed by atoms with E-state index in [1.165, 1.54) is 16.8 Å². The standard InChI is InChI=1S/C19H22N2O4/c1-19(2,13-22)20-18(24)16(21-11-5-4-6-17(21)23)12-14-7-9-15(25-3)10-8-14/h4-12,22H,13H2,1-3H3,(H,20,24). The van der Waals surface area contributed by atoms with Crippen LogP contribution in [-0.2, 0) is 4.79 Å². The lowest BCUT2D eigenvalue weighted by Crippen LogP contribution is -2.47. The quantitative estimate of drug-likeness (QED) is 0.784. The van der Waals surface area contributed by atoms with Gasteiger partial charge in [-0.1, -0.05) is 18.2 Å². The average molecular weight is 342 g/mol.